The molecule has 1 aromatic heterocycles. The van der Waals surface area contributed by atoms with Crippen molar-refractivity contribution in [1.82, 2.24) is 4.98 Å². The van der Waals surface area contributed by atoms with Crippen LogP contribution in [0.2, 0.25) is 5.15 Å². The Morgan fingerprint density at radius 1 is 1.32 bits per heavy atom. The third kappa shape index (κ3) is 3.21. The zero-order valence-electron chi connectivity index (χ0n) is 9.89. The molecule has 0 saturated heterocycles. The van der Waals surface area contributed by atoms with E-state index in [0.29, 0.717) is 10.7 Å². The van der Waals surface area contributed by atoms with Crippen molar-refractivity contribution >= 4 is 27.3 Å². The van der Waals surface area contributed by atoms with E-state index in [9.17, 15) is 12.8 Å². The largest absolute Gasteiger partial charge is 0.278 e. The highest BCUT2D eigenvalue weighted by Gasteiger charge is 2.15. The summed E-state index contributed by atoms with van der Waals surface area (Å²) >= 11 is 5.75. The third-order valence-corrected chi connectivity index (χ3v) is 4.15. The van der Waals surface area contributed by atoms with E-state index in [1.165, 1.54) is 24.4 Å². The van der Waals surface area contributed by atoms with E-state index in [-0.39, 0.29) is 10.6 Å². The van der Waals surface area contributed by atoms with Gasteiger partial charge in [0.05, 0.1) is 16.8 Å². The summed E-state index contributed by atoms with van der Waals surface area (Å²) in [6.07, 6.45) is 1.30. The number of benzene rings is 1. The fourth-order valence-corrected chi connectivity index (χ4v) is 2.63. The maximum atomic E-state index is 13.0. The first-order valence-electron chi connectivity index (χ1n) is 5.29. The van der Waals surface area contributed by atoms with Gasteiger partial charge in [-0.3, -0.25) is 4.72 Å². The molecule has 1 N–H and O–H groups in total. The molecule has 0 spiro atoms. The predicted octanol–water partition coefficient (Wildman–Crippen LogP) is 2.98. The Morgan fingerprint density at radius 2 is 2.05 bits per heavy atom. The molecule has 0 saturated carbocycles. The third-order valence-electron chi connectivity index (χ3n) is 2.37. The molecular formula is C12H10ClFN2O2S. The lowest BCUT2D eigenvalue weighted by Gasteiger charge is -2.08. The van der Waals surface area contributed by atoms with Crippen molar-refractivity contribution in [3.8, 4) is 0 Å². The van der Waals surface area contributed by atoms with E-state index in [0.717, 1.165) is 6.07 Å². The van der Waals surface area contributed by atoms with Crippen LogP contribution in [0.25, 0.3) is 0 Å². The Balaban J connectivity index is 2.33. The average molecular weight is 301 g/mol. The van der Waals surface area contributed by atoms with Crippen LogP contribution in [0.1, 0.15) is 5.56 Å². The Kier molecular flexibility index (Phi) is 3.73. The Labute approximate surface area is 115 Å². The number of aryl methyl sites for hydroxylation is 1. The lowest BCUT2D eigenvalue weighted by molar-refractivity contribution is 0.595. The van der Waals surface area contributed by atoms with Crippen LogP contribution in [0, 0.1) is 12.7 Å². The summed E-state index contributed by atoms with van der Waals surface area (Å²) in [4.78, 5) is 3.69. The Morgan fingerprint density at radius 3 is 2.68 bits per heavy atom. The fourth-order valence-electron chi connectivity index (χ4n) is 1.46. The van der Waals surface area contributed by atoms with Crippen LogP contribution in [-0.4, -0.2) is 13.4 Å². The van der Waals surface area contributed by atoms with E-state index in [1.54, 1.807) is 13.0 Å². The molecule has 0 amide bonds. The van der Waals surface area contributed by atoms with Crippen molar-refractivity contribution in [1.29, 1.82) is 0 Å². The summed E-state index contributed by atoms with van der Waals surface area (Å²) in [5, 5.41) is 0.300. The minimum atomic E-state index is -3.84. The molecule has 2 rings (SSSR count). The van der Waals surface area contributed by atoms with E-state index in [1.807, 2.05) is 0 Å². The fraction of sp³-hybridized carbons (Fsp3) is 0.0833. The summed E-state index contributed by atoms with van der Waals surface area (Å²) in [5.41, 5.74) is 0.910. The maximum absolute atomic E-state index is 13.0. The number of hydrogen-bond acceptors (Lipinski definition) is 3. The molecule has 0 aliphatic heterocycles. The number of halogens is 2. The van der Waals surface area contributed by atoms with E-state index in [2.05, 4.69) is 9.71 Å². The zero-order chi connectivity index (χ0) is 14.0. The maximum Gasteiger partial charge on any atom is 0.262 e. The van der Waals surface area contributed by atoms with Crippen LogP contribution in [0.4, 0.5) is 10.1 Å². The normalized spacial score (nSPS) is 11.3. The van der Waals surface area contributed by atoms with Crippen molar-refractivity contribution in [2.24, 2.45) is 0 Å². The molecule has 1 heterocycles. The molecule has 7 heteroatoms. The molecule has 0 radical (unpaired) electrons. The number of rotatable bonds is 3. The van der Waals surface area contributed by atoms with Crippen molar-refractivity contribution < 1.29 is 12.8 Å². The number of sulfonamides is 1. The van der Waals surface area contributed by atoms with Crippen LogP contribution in [-0.2, 0) is 10.0 Å². The quantitative estimate of drug-likeness (QED) is 0.887. The van der Waals surface area contributed by atoms with Crippen LogP contribution in [0.15, 0.2) is 41.4 Å². The summed E-state index contributed by atoms with van der Waals surface area (Å²) in [7, 11) is -3.84. The van der Waals surface area contributed by atoms with Crippen LogP contribution >= 0.6 is 11.6 Å². The van der Waals surface area contributed by atoms with Crippen LogP contribution < -0.4 is 4.72 Å². The van der Waals surface area contributed by atoms with Crippen molar-refractivity contribution in [2.75, 3.05) is 4.72 Å². The molecule has 1 aromatic carbocycles. The molecule has 19 heavy (non-hydrogen) atoms. The average Bonchev–Trinajstić information content (AvgIpc) is 2.33. The summed E-state index contributed by atoms with van der Waals surface area (Å²) in [5.74, 6) is -0.617. The van der Waals surface area contributed by atoms with Gasteiger partial charge in [-0.1, -0.05) is 17.7 Å². The lowest BCUT2D eigenvalue weighted by Crippen LogP contribution is -2.13. The molecule has 0 aliphatic rings. The molecule has 0 atom stereocenters. The highest BCUT2D eigenvalue weighted by Crippen LogP contribution is 2.20. The van der Waals surface area contributed by atoms with Crippen LogP contribution in [0.3, 0.4) is 0 Å². The van der Waals surface area contributed by atoms with Gasteiger partial charge >= 0.3 is 0 Å². The Bertz CT molecular complexity index is 719. The van der Waals surface area contributed by atoms with Gasteiger partial charge in [0, 0.05) is 0 Å². The van der Waals surface area contributed by atoms with Gasteiger partial charge in [-0.05, 0) is 36.8 Å². The monoisotopic (exact) mass is 300 g/mol. The molecular weight excluding hydrogens is 291 g/mol. The summed E-state index contributed by atoms with van der Waals surface area (Å²) in [6, 6.07) is 6.30. The van der Waals surface area contributed by atoms with Gasteiger partial charge in [0.1, 0.15) is 11.0 Å². The van der Waals surface area contributed by atoms with Gasteiger partial charge < -0.3 is 0 Å². The minimum absolute atomic E-state index is 0.153. The Hall–Kier alpha value is -1.66. The molecule has 4 nitrogen and oxygen atoms in total. The zero-order valence-corrected chi connectivity index (χ0v) is 11.5. The standard InChI is InChI=1S/C12H10ClFN2O2S/c1-8-5-10(7-15-12(8)13)16-19(17,18)11-4-2-3-9(14)6-11/h2-7,16H,1H3. The number of aromatic nitrogens is 1. The molecule has 0 fully saturated rings. The second-order valence-electron chi connectivity index (χ2n) is 3.89. The second-order valence-corrected chi connectivity index (χ2v) is 5.93. The summed E-state index contributed by atoms with van der Waals surface area (Å²) < 4.78 is 39.4. The van der Waals surface area contributed by atoms with E-state index in [4.69, 9.17) is 11.6 Å². The van der Waals surface area contributed by atoms with Gasteiger partial charge in [0.15, 0.2) is 0 Å². The predicted molar refractivity (Wildman–Crippen MR) is 71.2 cm³/mol. The highest BCUT2D eigenvalue weighted by atomic mass is 35.5. The smallest absolute Gasteiger partial charge is 0.262 e. The first kappa shape index (κ1) is 13.8. The number of anilines is 1. The number of nitrogens with one attached hydrogen (secondary N) is 1. The highest BCUT2D eigenvalue weighted by molar-refractivity contribution is 7.92. The number of pyridine rings is 1. The van der Waals surface area contributed by atoms with Gasteiger partial charge in [-0.2, -0.15) is 0 Å². The van der Waals surface area contributed by atoms with Gasteiger partial charge in [-0.15, -0.1) is 0 Å². The summed E-state index contributed by atoms with van der Waals surface area (Å²) in [6.45, 7) is 1.70. The van der Waals surface area contributed by atoms with E-state index < -0.39 is 15.8 Å². The second kappa shape index (κ2) is 5.14. The number of nitrogens with zero attached hydrogens (tertiary/aromatic N) is 1. The van der Waals surface area contributed by atoms with Gasteiger partial charge in [0.25, 0.3) is 10.0 Å². The van der Waals surface area contributed by atoms with E-state index >= 15 is 0 Å². The van der Waals surface area contributed by atoms with Crippen molar-refractivity contribution in [3.05, 3.63) is 53.1 Å². The first-order chi connectivity index (χ1) is 8.88. The molecule has 0 aliphatic carbocycles. The lowest BCUT2D eigenvalue weighted by atomic mass is 10.3. The van der Waals surface area contributed by atoms with Gasteiger partial charge in [-0.25, -0.2) is 17.8 Å². The molecule has 0 bridgehead atoms. The molecule has 100 valence electrons. The number of hydrogen-bond donors (Lipinski definition) is 1. The molecule has 0 unspecified atom stereocenters. The van der Waals surface area contributed by atoms with Crippen LogP contribution in [0.5, 0.6) is 0 Å². The minimum Gasteiger partial charge on any atom is -0.278 e. The topological polar surface area (TPSA) is 59.1 Å². The van der Waals surface area contributed by atoms with Crippen molar-refractivity contribution in [3.63, 3.8) is 0 Å². The molecule has 2 aromatic rings. The first-order valence-corrected chi connectivity index (χ1v) is 7.15. The van der Waals surface area contributed by atoms with Gasteiger partial charge in [0.2, 0.25) is 0 Å². The SMILES string of the molecule is Cc1cc(NS(=O)(=O)c2cccc(F)c2)cnc1Cl. The van der Waals surface area contributed by atoms with Crippen molar-refractivity contribution in [2.45, 2.75) is 11.8 Å².